The molecule has 3 fully saturated rings. The van der Waals surface area contributed by atoms with Crippen LogP contribution in [-0.2, 0) is 11.2 Å². The molecule has 5 rings (SSSR count). The average molecular weight is 553 g/mol. The molecule has 0 spiro atoms. The van der Waals surface area contributed by atoms with Crippen LogP contribution in [0.15, 0.2) is 36.5 Å². The SMILES string of the molecule is CC1(NC(=O)N2CCN(C(=O)C3CCCN3)CC2)C=CN(c2ccc(CCN3CCCC(N)CC3)cc2)C(=O)N1. The van der Waals surface area contributed by atoms with Gasteiger partial charge in [-0.2, -0.15) is 0 Å². The lowest BCUT2D eigenvalue weighted by atomic mass is 10.1. The maximum atomic E-state index is 13.0. The number of amides is 5. The summed E-state index contributed by atoms with van der Waals surface area (Å²) < 4.78 is 0. The number of nitrogens with zero attached hydrogens (tertiary/aromatic N) is 4. The quantitative estimate of drug-likeness (QED) is 0.423. The van der Waals surface area contributed by atoms with E-state index in [2.05, 4.69) is 33.0 Å². The van der Waals surface area contributed by atoms with Crippen molar-refractivity contribution >= 4 is 23.7 Å². The first kappa shape index (κ1) is 28.4. The second-order valence-corrected chi connectivity index (χ2v) is 11.7. The number of nitrogens with one attached hydrogen (secondary N) is 3. The number of urea groups is 2. The Morgan fingerprint density at radius 2 is 1.75 bits per heavy atom. The Labute approximate surface area is 237 Å². The highest BCUT2D eigenvalue weighted by Gasteiger charge is 2.35. The molecule has 0 saturated carbocycles. The monoisotopic (exact) mass is 552 g/mol. The maximum absolute atomic E-state index is 13.0. The molecule has 40 heavy (non-hydrogen) atoms. The zero-order chi connectivity index (χ0) is 28.1. The van der Waals surface area contributed by atoms with E-state index in [0.717, 1.165) is 70.4 Å². The Kier molecular flexibility index (Phi) is 8.92. The summed E-state index contributed by atoms with van der Waals surface area (Å²) in [4.78, 5) is 46.2. The lowest BCUT2D eigenvalue weighted by Crippen LogP contribution is -2.65. The number of hydrogen-bond acceptors (Lipinski definition) is 6. The van der Waals surface area contributed by atoms with Crippen LogP contribution in [0, 0.1) is 0 Å². The van der Waals surface area contributed by atoms with Crippen LogP contribution in [0.4, 0.5) is 15.3 Å². The normalized spacial score (nSPS) is 27.9. The zero-order valence-corrected chi connectivity index (χ0v) is 23.6. The molecule has 3 unspecified atom stereocenters. The van der Waals surface area contributed by atoms with Crippen molar-refractivity contribution in [2.24, 2.45) is 5.73 Å². The Hall–Kier alpha value is -3.15. The predicted octanol–water partition coefficient (Wildman–Crippen LogP) is 1.41. The smallest absolute Gasteiger partial charge is 0.328 e. The van der Waals surface area contributed by atoms with Gasteiger partial charge in [-0.3, -0.25) is 9.69 Å². The van der Waals surface area contributed by atoms with Crippen LogP contribution in [0.2, 0.25) is 0 Å². The summed E-state index contributed by atoms with van der Waals surface area (Å²) in [5, 5.41) is 9.11. The van der Waals surface area contributed by atoms with Gasteiger partial charge in [-0.25, -0.2) is 9.59 Å². The molecule has 4 aliphatic rings. The third-order valence-electron chi connectivity index (χ3n) is 8.54. The van der Waals surface area contributed by atoms with Crippen LogP contribution in [0.3, 0.4) is 0 Å². The van der Waals surface area contributed by atoms with Gasteiger partial charge >= 0.3 is 12.1 Å². The van der Waals surface area contributed by atoms with Gasteiger partial charge in [0.1, 0.15) is 5.66 Å². The fourth-order valence-electron chi connectivity index (χ4n) is 5.95. The van der Waals surface area contributed by atoms with Gasteiger partial charge in [0.2, 0.25) is 5.91 Å². The van der Waals surface area contributed by atoms with Gasteiger partial charge in [0.15, 0.2) is 0 Å². The average Bonchev–Trinajstić information content (AvgIpc) is 3.41. The first-order valence-corrected chi connectivity index (χ1v) is 14.8. The summed E-state index contributed by atoms with van der Waals surface area (Å²) in [6.45, 7) is 7.77. The van der Waals surface area contributed by atoms with E-state index < -0.39 is 5.66 Å². The molecule has 0 aliphatic carbocycles. The Bertz CT molecular complexity index is 1080. The van der Waals surface area contributed by atoms with Gasteiger partial charge in [-0.1, -0.05) is 12.1 Å². The van der Waals surface area contributed by atoms with Crippen LogP contribution in [0.25, 0.3) is 0 Å². The molecule has 11 heteroatoms. The Balaban J connectivity index is 1.10. The first-order valence-electron chi connectivity index (χ1n) is 14.8. The van der Waals surface area contributed by atoms with E-state index >= 15 is 0 Å². The highest BCUT2D eigenvalue weighted by molar-refractivity contribution is 5.96. The van der Waals surface area contributed by atoms with E-state index in [4.69, 9.17) is 5.73 Å². The largest absolute Gasteiger partial charge is 0.338 e. The molecule has 0 bridgehead atoms. The summed E-state index contributed by atoms with van der Waals surface area (Å²) in [7, 11) is 0. The number of hydrogen-bond donors (Lipinski definition) is 4. The van der Waals surface area contributed by atoms with Crippen molar-refractivity contribution in [2.45, 2.75) is 63.2 Å². The number of carbonyl (C=O) groups is 3. The lowest BCUT2D eigenvalue weighted by molar-refractivity contribution is -0.134. The second-order valence-electron chi connectivity index (χ2n) is 11.7. The summed E-state index contributed by atoms with van der Waals surface area (Å²) >= 11 is 0. The topological polar surface area (TPSA) is 126 Å². The fraction of sp³-hybridized carbons (Fsp3) is 0.621. The highest BCUT2D eigenvalue weighted by atomic mass is 16.2. The zero-order valence-electron chi connectivity index (χ0n) is 23.6. The minimum absolute atomic E-state index is 0.0925. The molecule has 3 saturated heterocycles. The maximum Gasteiger partial charge on any atom is 0.328 e. The molecule has 4 heterocycles. The number of benzene rings is 1. The Morgan fingerprint density at radius 1 is 1.00 bits per heavy atom. The van der Waals surface area contributed by atoms with Crippen molar-refractivity contribution < 1.29 is 14.4 Å². The third kappa shape index (κ3) is 6.94. The molecule has 4 aliphatic heterocycles. The van der Waals surface area contributed by atoms with E-state index in [9.17, 15) is 14.4 Å². The van der Waals surface area contributed by atoms with E-state index in [1.807, 2.05) is 17.0 Å². The number of nitrogens with two attached hydrogens (primary N) is 1. The van der Waals surface area contributed by atoms with Crippen LogP contribution in [0.5, 0.6) is 0 Å². The summed E-state index contributed by atoms with van der Waals surface area (Å²) in [5.74, 6) is 0.128. The van der Waals surface area contributed by atoms with Gasteiger partial charge in [0.05, 0.1) is 11.7 Å². The number of piperazine rings is 1. The number of anilines is 1. The Morgan fingerprint density at radius 3 is 2.45 bits per heavy atom. The molecule has 218 valence electrons. The van der Waals surface area contributed by atoms with Crippen molar-refractivity contribution in [3.63, 3.8) is 0 Å². The van der Waals surface area contributed by atoms with Gasteiger partial charge < -0.3 is 36.4 Å². The molecule has 5 amide bonds. The van der Waals surface area contributed by atoms with E-state index in [1.54, 1.807) is 29.0 Å². The standard InChI is InChI=1S/C29H44N8O3/c1-29(32-27(39)36-20-18-35(19-21-36)26(38)25-5-2-13-31-25)12-17-37(28(40)33-29)24-8-6-22(7-9-24)10-15-34-14-3-4-23(30)11-16-34/h6-9,12,17,23,25,31H,2-5,10-11,13-16,18-21,30H2,1H3,(H,32,39)(H,33,40). The van der Waals surface area contributed by atoms with Crippen LogP contribution >= 0.6 is 0 Å². The van der Waals surface area contributed by atoms with Gasteiger partial charge in [-0.05, 0) is 88.9 Å². The highest BCUT2D eigenvalue weighted by Crippen LogP contribution is 2.22. The minimum atomic E-state index is -1.01. The van der Waals surface area contributed by atoms with Crippen molar-refractivity contribution in [1.82, 2.24) is 30.7 Å². The molecule has 1 aromatic carbocycles. The number of carbonyl (C=O) groups excluding carboxylic acids is 3. The van der Waals surface area contributed by atoms with E-state index in [0.29, 0.717) is 32.2 Å². The minimum Gasteiger partial charge on any atom is -0.338 e. The van der Waals surface area contributed by atoms with Crippen molar-refractivity contribution in [1.29, 1.82) is 0 Å². The van der Waals surface area contributed by atoms with E-state index in [-0.39, 0.29) is 24.0 Å². The second kappa shape index (κ2) is 12.6. The van der Waals surface area contributed by atoms with Crippen LogP contribution in [0.1, 0.15) is 44.6 Å². The first-order chi connectivity index (χ1) is 19.3. The third-order valence-corrected chi connectivity index (χ3v) is 8.54. The summed E-state index contributed by atoms with van der Waals surface area (Å²) in [6, 6.07) is 7.73. The molecule has 11 nitrogen and oxygen atoms in total. The summed E-state index contributed by atoms with van der Waals surface area (Å²) in [6.07, 6.45) is 9.68. The van der Waals surface area contributed by atoms with Crippen LogP contribution < -0.4 is 26.6 Å². The number of likely N-dealkylation sites (tertiary alicyclic amines) is 1. The number of rotatable bonds is 6. The van der Waals surface area contributed by atoms with Gasteiger partial charge in [0, 0.05) is 45.0 Å². The molecule has 5 N–H and O–H groups in total. The predicted molar refractivity (Wildman–Crippen MR) is 155 cm³/mol. The van der Waals surface area contributed by atoms with Gasteiger partial charge in [-0.15, -0.1) is 0 Å². The molecular formula is C29H44N8O3. The molecular weight excluding hydrogens is 508 g/mol. The molecule has 0 aromatic heterocycles. The van der Waals surface area contributed by atoms with Gasteiger partial charge in [0.25, 0.3) is 0 Å². The fourth-order valence-corrected chi connectivity index (χ4v) is 5.95. The lowest BCUT2D eigenvalue weighted by Gasteiger charge is -2.40. The molecule has 1 aromatic rings. The van der Waals surface area contributed by atoms with Crippen molar-refractivity contribution in [3.8, 4) is 0 Å². The summed E-state index contributed by atoms with van der Waals surface area (Å²) in [5.41, 5.74) is 7.09. The van der Waals surface area contributed by atoms with Crippen molar-refractivity contribution in [2.75, 3.05) is 57.3 Å². The molecule has 0 radical (unpaired) electrons. The molecule has 3 atom stereocenters. The van der Waals surface area contributed by atoms with Crippen LogP contribution in [-0.4, -0.2) is 103 Å². The van der Waals surface area contributed by atoms with Crippen molar-refractivity contribution in [3.05, 3.63) is 42.1 Å². The van der Waals surface area contributed by atoms with E-state index in [1.165, 1.54) is 5.56 Å².